The molecule has 0 aliphatic carbocycles. The number of nitrogen functional groups attached to an aromatic ring is 1. The molecule has 1 aromatic heterocycles. The molecule has 0 aliphatic heterocycles. The average Bonchev–Trinajstić information content (AvgIpc) is 2.84. The van der Waals surface area contributed by atoms with Crippen molar-refractivity contribution in [3.8, 4) is 5.69 Å². The molecule has 0 spiro atoms. The van der Waals surface area contributed by atoms with Crippen LogP contribution in [0.2, 0.25) is 0 Å². The van der Waals surface area contributed by atoms with Crippen LogP contribution in [-0.4, -0.2) is 18.2 Å². The van der Waals surface area contributed by atoms with E-state index in [1.165, 1.54) is 16.8 Å². The van der Waals surface area contributed by atoms with Gasteiger partial charge in [0.25, 0.3) is 0 Å². The highest BCUT2D eigenvalue weighted by molar-refractivity contribution is 9.10. The van der Waals surface area contributed by atoms with Crippen molar-refractivity contribution in [3.05, 3.63) is 64.8 Å². The van der Waals surface area contributed by atoms with E-state index < -0.39 is 9.84 Å². The second-order valence-electron chi connectivity index (χ2n) is 5.00. The summed E-state index contributed by atoms with van der Waals surface area (Å²) in [6.07, 6.45) is 0. The molecule has 0 radical (unpaired) electrons. The van der Waals surface area contributed by atoms with Gasteiger partial charge in [0.2, 0.25) is 9.84 Å². The van der Waals surface area contributed by atoms with Crippen LogP contribution in [0, 0.1) is 6.92 Å². The van der Waals surface area contributed by atoms with Crippen LogP contribution in [0.4, 0.5) is 5.82 Å². The molecule has 0 amide bonds. The lowest BCUT2D eigenvalue weighted by molar-refractivity contribution is 0.596. The third-order valence-corrected chi connectivity index (χ3v) is 5.90. The number of aromatic nitrogens is 2. The molecule has 0 saturated carbocycles. The number of aryl methyl sites for hydroxylation is 1. The molecule has 0 saturated heterocycles. The van der Waals surface area contributed by atoms with Crippen LogP contribution in [-0.2, 0) is 9.84 Å². The van der Waals surface area contributed by atoms with Crippen LogP contribution in [0.25, 0.3) is 5.69 Å². The fraction of sp³-hybridized carbons (Fsp3) is 0.0625. The number of nitrogens with two attached hydrogens (primary N) is 1. The molecule has 0 bridgehead atoms. The van der Waals surface area contributed by atoms with Crippen molar-refractivity contribution in [1.82, 2.24) is 9.78 Å². The van der Waals surface area contributed by atoms with E-state index >= 15 is 0 Å². The summed E-state index contributed by atoms with van der Waals surface area (Å²) in [4.78, 5) is 0.229. The van der Waals surface area contributed by atoms with Gasteiger partial charge in [-0.1, -0.05) is 34.1 Å². The fourth-order valence-corrected chi connectivity index (χ4v) is 4.15. The van der Waals surface area contributed by atoms with Crippen molar-refractivity contribution in [2.75, 3.05) is 5.73 Å². The maximum Gasteiger partial charge on any atom is 0.212 e. The maximum atomic E-state index is 12.9. The first-order valence-electron chi connectivity index (χ1n) is 6.82. The lowest BCUT2D eigenvalue weighted by Gasteiger charge is -2.06. The number of rotatable bonds is 3. The van der Waals surface area contributed by atoms with Gasteiger partial charge in [-0.15, -0.1) is 0 Å². The molecule has 23 heavy (non-hydrogen) atoms. The van der Waals surface area contributed by atoms with Crippen molar-refractivity contribution in [3.63, 3.8) is 0 Å². The molecule has 0 atom stereocenters. The monoisotopic (exact) mass is 391 g/mol. The normalized spacial score (nSPS) is 11.6. The second kappa shape index (κ2) is 5.82. The van der Waals surface area contributed by atoms with Crippen molar-refractivity contribution >= 4 is 31.6 Å². The molecule has 0 fully saturated rings. The standard InChI is InChI=1S/C16H14BrN3O2S/c1-11-15(23(21,22)14-9-7-12(17)8-10-14)16(18)20(19-11)13-5-3-2-4-6-13/h2-10H,18H2,1H3. The van der Waals surface area contributed by atoms with Crippen LogP contribution in [0.15, 0.2) is 68.9 Å². The fourth-order valence-electron chi connectivity index (χ4n) is 2.36. The van der Waals surface area contributed by atoms with Gasteiger partial charge < -0.3 is 5.73 Å². The number of benzene rings is 2. The van der Waals surface area contributed by atoms with Gasteiger partial charge in [0.05, 0.1) is 16.3 Å². The summed E-state index contributed by atoms with van der Waals surface area (Å²) in [5.74, 6) is 0.108. The van der Waals surface area contributed by atoms with Gasteiger partial charge in [0.1, 0.15) is 10.7 Å². The van der Waals surface area contributed by atoms with Gasteiger partial charge >= 0.3 is 0 Å². The number of nitrogens with zero attached hydrogens (tertiary/aromatic N) is 2. The van der Waals surface area contributed by atoms with Gasteiger partial charge in [-0.2, -0.15) is 5.10 Å². The second-order valence-corrected chi connectivity index (χ2v) is 7.81. The minimum atomic E-state index is -3.73. The molecule has 7 heteroatoms. The van der Waals surface area contributed by atoms with Gasteiger partial charge in [0, 0.05) is 4.47 Å². The summed E-state index contributed by atoms with van der Waals surface area (Å²) in [5.41, 5.74) is 7.18. The molecule has 1 heterocycles. The van der Waals surface area contributed by atoms with E-state index in [1.54, 1.807) is 19.1 Å². The predicted molar refractivity (Wildman–Crippen MR) is 92.3 cm³/mol. The van der Waals surface area contributed by atoms with Crippen LogP contribution in [0.1, 0.15) is 5.69 Å². The average molecular weight is 392 g/mol. The molecular weight excluding hydrogens is 378 g/mol. The number of sulfone groups is 1. The highest BCUT2D eigenvalue weighted by atomic mass is 79.9. The molecule has 3 rings (SSSR count). The zero-order valence-corrected chi connectivity index (χ0v) is 14.7. The van der Waals surface area contributed by atoms with Gasteiger partial charge in [-0.3, -0.25) is 0 Å². The molecule has 0 aliphatic rings. The molecule has 118 valence electrons. The third-order valence-electron chi connectivity index (χ3n) is 3.43. The minimum Gasteiger partial charge on any atom is -0.382 e. The Hall–Kier alpha value is -2.12. The van der Waals surface area contributed by atoms with Gasteiger partial charge in [-0.25, -0.2) is 13.1 Å². The van der Waals surface area contributed by atoms with Gasteiger partial charge in [-0.05, 0) is 43.3 Å². The van der Waals surface area contributed by atoms with E-state index in [0.717, 1.165) is 4.47 Å². The first-order valence-corrected chi connectivity index (χ1v) is 9.10. The lowest BCUT2D eigenvalue weighted by Crippen LogP contribution is -2.07. The first-order chi connectivity index (χ1) is 10.9. The highest BCUT2D eigenvalue weighted by Crippen LogP contribution is 2.31. The van der Waals surface area contributed by atoms with E-state index in [9.17, 15) is 8.42 Å². The smallest absolute Gasteiger partial charge is 0.212 e. The van der Waals surface area contributed by atoms with Crippen molar-refractivity contribution in [2.45, 2.75) is 16.7 Å². The Bertz CT molecular complexity index is 949. The Balaban J connectivity index is 2.17. The largest absolute Gasteiger partial charge is 0.382 e. The van der Waals surface area contributed by atoms with E-state index in [0.29, 0.717) is 11.4 Å². The Morgan fingerprint density at radius 1 is 1.04 bits per heavy atom. The topological polar surface area (TPSA) is 78.0 Å². The van der Waals surface area contributed by atoms with E-state index in [4.69, 9.17) is 5.73 Å². The SMILES string of the molecule is Cc1nn(-c2ccccc2)c(N)c1S(=O)(=O)c1ccc(Br)cc1. The zero-order chi connectivity index (χ0) is 16.6. The lowest BCUT2D eigenvalue weighted by atomic mass is 10.3. The predicted octanol–water partition coefficient (Wildman–Crippen LogP) is 3.36. The van der Waals surface area contributed by atoms with Crippen molar-refractivity contribution in [2.24, 2.45) is 0 Å². The molecule has 3 aromatic rings. The Morgan fingerprint density at radius 3 is 2.26 bits per heavy atom. The van der Waals surface area contributed by atoms with Crippen LogP contribution < -0.4 is 5.73 Å². The zero-order valence-electron chi connectivity index (χ0n) is 12.3. The number of anilines is 1. The van der Waals surface area contributed by atoms with Crippen LogP contribution in [0.3, 0.4) is 0 Å². The van der Waals surface area contributed by atoms with Crippen LogP contribution in [0.5, 0.6) is 0 Å². The number of para-hydroxylation sites is 1. The molecule has 5 nitrogen and oxygen atoms in total. The quantitative estimate of drug-likeness (QED) is 0.742. The Kier molecular flexibility index (Phi) is 3.99. The first kappa shape index (κ1) is 15.8. The minimum absolute atomic E-state index is 0.0451. The summed E-state index contributed by atoms with van der Waals surface area (Å²) >= 11 is 3.30. The summed E-state index contributed by atoms with van der Waals surface area (Å²) in [6.45, 7) is 1.64. The molecule has 0 unspecified atom stereocenters. The summed E-state index contributed by atoms with van der Waals surface area (Å²) in [5, 5.41) is 4.29. The Morgan fingerprint density at radius 2 is 1.65 bits per heavy atom. The van der Waals surface area contributed by atoms with Crippen LogP contribution >= 0.6 is 15.9 Å². The number of hydrogen-bond donors (Lipinski definition) is 1. The summed E-state index contributed by atoms with van der Waals surface area (Å²) < 4.78 is 28.0. The summed E-state index contributed by atoms with van der Waals surface area (Å²) in [6, 6.07) is 15.6. The molecular formula is C16H14BrN3O2S. The molecule has 2 N–H and O–H groups in total. The van der Waals surface area contributed by atoms with E-state index in [1.807, 2.05) is 30.3 Å². The van der Waals surface area contributed by atoms with Gasteiger partial charge in [0.15, 0.2) is 0 Å². The maximum absolute atomic E-state index is 12.9. The Labute approximate surface area is 142 Å². The van der Waals surface area contributed by atoms with E-state index in [-0.39, 0.29) is 15.6 Å². The number of hydrogen-bond acceptors (Lipinski definition) is 4. The number of halogens is 1. The van der Waals surface area contributed by atoms with Crippen molar-refractivity contribution < 1.29 is 8.42 Å². The third kappa shape index (κ3) is 2.77. The van der Waals surface area contributed by atoms with Crippen molar-refractivity contribution in [1.29, 1.82) is 0 Å². The molecule has 2 aromatic carbocycles. The highest BCUT2D eigenvalue weighted by Gasteiger charge is 2.27. The van der Waals surface area contributed by atoms with E-state index in [2.05, 4.69) is 21.0 Å². The summed E-state index contributed by atoms with van der Waals surface area (Å²) in [7, 11) is -3.73.